The first-order chi connectivity index (χ1) is 5.82. The van der Waals surface area contributed by atoms with Crippen molar-refractivity contribution in [3.63, 3.8) is 0 Å². The average molecular weight is 241 g/mol. The van der Waals surface area contributed by atoms with E-state index in [1.54, 1.807) is 6.92 Å². The lowest BCUT2D eigenvalue weighted by Gasteiger charge is -2.03. The van der Waals surface area contributed by atoms with E-state index in [0.29, 0.717) is 5.56 Å². The number of benzene rings is 1. The Bertz CT molecular complexity index is 416. The first-order valence-corrected chi connectivity index (χ1v) is 5.95. The topological polar surface area (TPSA) is 54.4 Å². The first-order valence-electron chi connectivity index (χ1n) is 3.26. The SMILES string of the molecule is Cc1cc(S(=O)(=O)Cl)cc(O)c1Cl. The van der Waals surface area contributed by atoms with Gasteiger partial charge < -0.3 is 5.11 Å². The molecular formula is C7H6Cl2O3S. The number of rotatable bonds is 1. The third-order valence-electron chi connectivity index (χ3n) is 1.49. The summed E-state index contributed by atoms with van der Waals surface area (Å²) in [5, 5.41) is 9.32. The molecule has 0 spiro atoms. The van der Waals surface area contributed by atoms with Gasteiger partial charge in [-0.3, -0.25) is 0 Å². The molecule has 1 aromatic rings. The zero-order valence-electron chi connectivity index (χ0n) is 6.58. The molecule has 72 valence electrons. The lowest BCUT2D eigenvalue weighted by molar-refractivity contribution is 0.473. The van der Waals surface area contributed by atoms with Gasteiger partial charge in [0.1, 0.15) is 5.75 Å². The molecule has 0 radical (unpaired) electrons. The molecule has 0 aliphatic rings. The maximum absolute atomic E-state index is 10.9. The van der Waals surface area contributed by atoms with Gasteiger partial charge in [-0.15, -0.1) is 0 Å². The number of hydrogen-bond acceptors (Lipinski definition) is 3. The van der Waals surface area contributed by atoms with Crippen molar-refractivity contribution in [3.8, 4) is 5.75 Å². The molecule has 1 aromatic carbocycles. The van der Waals surface area contributed by atoms with E-state index in [9.17, 15) is 13.5 Å². The van der Waals surface area contributed by atoms with E-state index in [4.69, 9.17) is 22.3 Å². The molecule has 0 atom stereocenters. The van der Waals surface area contributed by atoms with Crippen LogP contribution in [-0.4, -0.2) is 13.5 Å². The lowest BCUT2D eigenvalue weighted by atomic mass is 10.2. The summed E-state index contributed by atoms with van der Waals surface area (Å²) in [5.41, 5.74) is 0.459. The minimum atomic E-state index is -3.81. The Labute approximate surface area is 85.3 Å². The van der Waals surface area contributed by atoms with Crippen molar-refractivity contribution in [2.75, 3.05) is 0 Å². The standard InChI is InChI=1S/C7H6Cl2O3S/c1-4-2-5(13(9,11)12)3-6(10)7(4)8/h2-3,10H,1H3. The van der Waals surface area contributed by atoms with Crippen LogP contribution in [0.15, 0.2) is 17.0 Å². The summed E-state index contributed by atoms with van der Waals surface area (Å²) in [6.45, 7) is 1.58. The van der Waals surface area contributed by atoms with Gasteiger partial charge in [0.2, 0.25) is 0 Å². The van der Waals surface area contributed by atoms with Crippen molar-refractivity contribution in [3.05, 3.63) is 22.7 Å². The second-order valence-electron chi connectivity index (χ2n) is 2.51. The monoisotopic (exact) mass is 240 g/mol. The van der Waals surface area contributed by atoms with Gasteiger partial charge in [0, 0.05) is 16.7 Å². The second-order valence-corrected chi connectivity index (χ2v) is 5.46. The fourth-order valence-corrected chi connectivity index (χ4v) is 1.81. The zero-order valence-corrected chi connectivity index (χ0v) is 8.91. The van der Waals surface area contributed by atoms with Gasteiger partial charge in [0.15, 0.2) is 0 Å². The summed E-state index contributed by atoms with van der Waals surface area (Å²) in [6.07, 6.45) is 0. The number of phenols is 1. The quantitative estimate of drug-likeness (QED) is 0.767. The van der Waals surface area contributed by atoms with Crippen LogP contribution in [-0.2, 0) is 9.05 Å². The van der Waals surface area contributed by atoms with Gasteiger partial charge in [-0.2, -0.15) is 0 Å². The Kier molecular flexibility index (Phi) is 2.75. The number of phenolic OH excluding ortho intramolecular Hbond substituents is 1. The Balaban J connectivity index is 3.47. The highest BCUT2D eigenvalue weighted by Crippen LogP contribution is 2.31. The van der Waals surface area contributed by atoms with Crippen molar-refractivity contribution in [1.29, 1.82) is 0 Å². The molecule has 0 saturated carbocycles. The van der Waals surface area contributed by atoms with Crippen LogP contribution in [0.5, 0.6) is 5.75 Å². The van der Waals surface area contributed by atoms with E-state index in [-0.39, 0.29) is 15.7 Å². The van der Waals surface area contributed by atoms with Crippen LogP contribution in [0.25, 0.3) is 0 Å². The fourth-order valence-electron chi connectivity index (χ4n) is 0.859. The molecule has 0 aliphatic carbocycles. The van der Waals surface area contributed by atoms with E-state index in [1.807, 2.05) is 0 Å². The minimum Gasteiger partial charge on any atom is -0.506 e. The van der Waals surface area contributed by atoms with E-state index in [2.05, 4.69) is 0 Å². The summed E-state index contributed by atoms with van der Waals surface area (Å²) in [7, 11) is 1.26. The Morgan fingerprint density at radius 1 is 1.38 bits per heavy atom. The van der Waals surface area contributed by atoms with E-state index >= 15 is 0 Å². The van der Waals surface area contributed by atoms with Crippen LogP contribution < -0.4 is 0 Å². The van der Waals surface area contributed by atoms with Crippen LogP contribution in [0.1, 0.15) is 5.56 Å². The molecule has 0 amide bonds. The van der Waals surface area contributed by atoms with E-state index in [0.717, 1.165) is 6.07 Å². The van der Waals surface area contributed by atoms with Gasteiger partial charge >= 0.3 is 0 Å². The predicted octanol–water partition coefficient (Wildman–Crippen LogP) is 2.28. The highest BCUT2D eigenvalue weighted by Gasteiger charge is 2.14. The summed E-state index contributed by atoms with van der Waals surface area (Å²) < 4.78 is 21.7. The van der Waals surface area contributed by atoms with Crippen LogP contribution >= 0.6 is 22.3 Å². The van der Waals surface area contributed by atoms with Crippen LogP contribution in [0.3, 0.4) is 0 Å². The number of aromatic hydroxyl groups is 1. The maximum Gasteiger partial charge on any atom is 0.261 e. The first kappa shape index (κ1) is 10.6. The summed E-state index contributed by atoms with van der Waals surface area (Å²) in [6, 6.07) is 2.31. The molecule has 1 rings (SSSR count). The lowest BCUT2D eigenvalue weighted by Crippen LogP contribution is -1.91. The van der Waals surface area contributed by atoms with Crippen molar-refractivity contribution >= 4 is 31.3 Å². The third-order valence-corrected chi connectivity index (χ3v) is 3.32. The molecule has 0 saturated heterocycles. The average Bonchev–Trinajstić information content (AvgIpc) is 1.97. The van der Waals surface area contributed by atoms with Crippen molar-refractivity contribution in [1.82, 2.24) is 0 Å². The number of aryl methyl sites for hydroxylation is 1. The van der Waals surface area contributed by atoms with Gasteiger partial charge in [0.05, 0.1) is 9.92 Å². The summed E-state index contributed by atoms with van der Waals surface area (Å²) in [5.74, 6) is -0.291. The summed E-state index contributed by atoms with van der Waals surface area (Å²) in [4.78, 5) is -0.159. The highest BCUT2D eigenvalue weighted by atomic mass is 35.7. The molecule has 0 fully saturated rings. The zero-order chi connectivity index (χ0) is 10.2. The molecule has 3 nitrogen and oxygen atoms in total. The third kappa shape index (κ3) is 2.27. The minimum absolute atomic E-state index is 0.129. The molecule has 6 heteroatoms. The van der Waals surface area contributed by atoms with E-state index < -0.39 is 9.05 Å². The second kappa shape index (κ2) is 3.36. The molecule has 0 aromatic heterocycles. The smallest absolute Gasteiger partial charge is 0.261 e. The van der Waals surface area contributed by atoms with Gasteiger partial charge in [0.25, 0.3) is 9.05 Å². The molecule has 0 aliphatic heterocycles. The van der Waals surface area contributed by atoms with Gasteiger partial charge in [-0.1, -0.05) is 11.6 Å². The maximum atomic E-state index is 10.9. The molecule has 13 heavy (non-hydrogen) atoms. The van der Waals surface area contributed by atoms with Crippen LogP contribution in [0, 0.1) is 6.92 Å². The molecule has 0 unspecified atom stereocenters. The predicted molar refractivity (Wildman–Crippen MR) is 50.9 cm³/mol. The Hall–Kier alpha value is -0.450. The van der Waals surface area contributed by atoms with Gasteiger partial charge in [-0.25, -0.2) is 8.42 Å². The molecule has 0 heterocycles. The van der Waals surface area contributed by atoms with Gasteiger partial charge in [-0.05, 0) is 18.6 Å². The number of hydrogen-bond donors (Lipinski definition) is 1. The fraction of sp³-hybridized carbons (Fsp3) is 0.143. The van der Waals surface area contributed by atoms with Crippen LogP contribution in [0.2, 0.25) is 5.02 Å². The van der Waals surface area contributed by atoms with Crippen molar-refractivity contribution in [2.24, 2.45) is 0 Å². The van der Waals surface area contributed by atoms with E-state index in [1.165, 1.54) is 6.07 Å². The molecular weight excluding hydrogens is 235 g/mol. The Morgan fingerprint density at radius 3 is 2.31 bits per heavy atom. The van der Waals surface area contributed by atoms with Crippen molar-refractivity contribution in [2.45, 2.75) is 11.8 Å². The Morgan fingerprint density at radius 2 is 1.92 bits per heavy atom. The largest absolute Gasteiger partial charge is 0.506 e. The van der Waals surface area contributed by atoms with Crippen LogP contribution in [0.4, 0.5) is 0 Å². The normalized spacial score (nSPS) is 11.6. The molecule has 1 N–H and O–H groups in total. The van der Waals surface area contributed by atoms with Crippen molar-refractivity contribution < 1.29 is 13.5 Å². The summed E-state index contributed by atoms with van der Waals surface area (Å²) >= 11 is 5.61. The highest BCUT2D eigenvalue weighted by molar-refractivity contribution is 8.13. The molecule has 0 bridgehead atoms. The number of halogens is 2.